The van der Waals surface area contributed by atoms with Crippen molar-refractivity contribution in [2.24, 2.45) is 0 Å². The number of aromatic nitrogens is 4. The third-order valence-electron chi connectivity index (χ3n) is 6.29. The van der Waals surface area contributed by atoms with E-state index in [1.165, 1.54) is 36.2 Å². The summed E-state index contributed by atoms with van der Waals surface area (Å²) in [6.07, 6.45) is 9.61. The number of fused-ring (bicyclic) bond motifs is 1. The number of nitrogen functional groups attached to an aromatic ring is 1. The molecule has 11 heteroatoms. The maximum absolute atomic E-state index is 11.9. The normalized spacial score (nSPS) is 20.7. The monoisotopic (exact) mass is 473 g/mol. The van der Waals surface area contributed by atoms with Crippen LogP contribution in [0.15, 0.2) is 18.3 Å². The molecule has 4 heterocycles. The summed E-state index contributed by atoms with van der Waals surface area (Å²) in [6, 6.07) is 3.86. The molecule has 3 aromatic heterocycles. The molecule has 3 aromatic rings. The molecule has 1 aliphatic carbocycles. The summed E-state index contributed by atoms with van der Waals surface area (Å²) in [5, 5.41) is 14.1. The summed E-state index contributed by atoms with van der Waals surface area (Å²) in [5.41, 5.74) is 9.28. The molecule has 0 spiro atoms. The van der Waals surface area contributed by atoms with Gasteiger partial charge < -0.3 is 11.1 Å². The Labute approximate surface area is 191 Å². The summed E-state index contributed by atoms with van der Waals surface area (Å²) >= 11 is 1.60. The van der Waals surface area contributed by atoms with E-state index < -0.39 is 10.0 Å². The van der Waals surface area contributed by atoms with Crippen LogP contribution in [0.1, 0.15) is 49.5 Å². The highest BCUT2D eigenvalue weighted by Gasteiger charge is 2.26. The average molecular weight is 474 g/mol. The van der Waals surface area contributed by atoms with Gasteiger partial charge in [-0.05, 0) is 37.8 Å². The zero-order valence-corrected chi connectivity index (χ0v) is 19.6. The van der Waals surface area contributed by atoms with Crippen LogP contribution < -0.4 is 11.1 Å². The molecule has 2 aliphatic rings. The number of hydrogen-bond acceptors (Lipinski definition) is 9. The van der Waals surface area contributed by atoms with E-state index in [4.69, 9.17) is 5.73 Å². The van der Waals surface area contributed by atoms with Crippen molar-refractivity contribution in [3.63, 3.8) is 0 Å². The molecule has 0 amide bonds. The van der Waals surface area contributed by atoms with Gasteiger partial charge in [0.05, 0.1) is 34.7 Å². The molecule has 1 atom stereocenters. The lowest BCUT2D eigenvalue weighted by molar-refractivity contribution is 0.329. The minimum absolute atomic E-state index is 0.0322. The molecule has 2 fully saturated rings. The molecular weight excluding hydrogens is 446 g/mol. The van der Waals surface area contributed by atoms with Crippen molar-refractivity contribution in [1.29, 1.82) is 0 Å². The number of nitrogens with one attached hydrogen (secondary N) is 1. The van der Waals surface area contributed by atoms with Gasteiger partial charge in [0.25, 0.3) is 0 Å². The first-order chi connectivity index (χ1) is 15.4. The van der Waals surface area contributed by atoms with E-state index in [-0.39, 0.29) is 6.04 Å². The van der Waals surface area contributed by atoms with Crippen LogP contribution in [-0.4, -0.2) is 58.3 Å². The van der Waals surface area contributed by atoms with Gasteiger partial charge in [0.15, 0.2) is 5.01 Å². The van der Waals surface area contributed by atoms with E-state index in [2.05, 4.69) is 25.5 Å². The summed E-state index contributed by atoms with van der Waals surface area (Å²) in [4.78, 5) is 9.14. The number of nitrogens with zero attached hydrogens (tertiary/aromatic N) is 5. The fraction of sp³-hybridized carbons (Fsp3) is 0.524. The van der Waals surface area contributed by atoms with E-state index in [9.17, 15) is 8.42 Å². The van der Waals surface area contributed by atoms with Crippen molar-refractivity contribution in [2.75, 3.05) is 30.4 Å². The molecule has 1 saturated carbocycles. The van der Waals surface area contributed by atoms with Gasteiger partial charge in [-0.2, -0.15) is 0 Å². The zero-order chi connectivity index (χ0) is 22.3. The number of pyridine rings is 2. The summed E-state index contributed by atoms with van der Waals surface area (Å²) in [7, 11) is -3.19. The van der Waals surface area contributed by atoms with Crippen LogP contribution in [0.4, 0.5) is 11.5 Å². The Morgan fingerprint density at radius 1 is 1.12 bits per heavy atom. The molecule has 1 aliphatic heterocycles. The predicted molar refractivity (Wildman–Crippen MR) is 127 cm³/mol. The average Bonchev–Trinajstić information content (AvgIpc) is 3.45. The van der Waals surface area contributed by atoms with E-state index in [0.717, 1.165) is 39.6 Å². The molecule has 1 saturated heterocycles. The van der Waals surface area contributed by atoms with E-state index in [1.54, 1.807) is 17.5 Å². The second-order valence-corrected chi connectivity index (χ2v) is 11.7. The predicted octanol–water partition coefficient (Wildman–Crippen LogP) is 3.22. The summed E-state index contributed by atoms with van der Waals surface area (Å²) in [5.74, 6) is 0.924. The van der Waals surface area contributed by atoms with Crippen LogP contribution in [0.5, 0.6) is 0 Å². The molecule has 3 N–H and O–H groups in total. The Kier molecular flexibility index (Phi) is 5.72. The van der Waals surface area contributed by atoms with Gasteiger partial charge in [0.1, 0.15) is 10.8 Å². The molecule has 0 aromatic carbocycles. The summed E-state index contributed by atoms with van der Waals surface area (Å²) < 4.78 is 25.3. The van der Waals surface area contributed by atoms with Gasteiger partial charge in [0, 0.05) is 25.0 Å². The SMILES string of the molecule is CS(=O)(=O)N1CCCC(Nc2cnc3cc(-c4nnc(C5CCCC5)s4)c(N)nc3c2)C1. The Bertz CT molecular complexity index is 1240. The number of rotatable bonds is 5. The second kappa shape index (κ2) is 8.53. The Balaban J connectivity index is 1.36. The molecule has 170 valence electrons. The molecule has 0 bridgehead atoms. The molecule has 1 unspecified atom stereocenters. The Morgan fingerprint density at radius 3 is 2.72 bits per heavy atom. The first-order valence-electron chi connectivity index (χ1n) is 11.0. The molecule has 9 nitrogen and oxygen atoms in total. The van der Waals surface area contributed by atoms with E-state index in [0.29, 0.717) is 30.3 Å². The van der Waals surface area contributed by atoms with Gasteiger partial charge >= 0.3 is 0 Å². The fourth-order valence-electron chi connectivity index (χ4n) is 4.59. The van der Waals surface area contributed by atoms with Crippen molar-refractivity contribution >= 4 is 43.9 Å². The van der Waals surface area contributed by atoms with Crippen LogP contribution in [0.3, 0.4) is 0 Å². The van der Waals surface area contributed by atoms with Crippen molar-refractivity contribution in [3.8, 4) is 10.6 Å². The van der Waals surface area contributed by atoms with Gasteiger partial charge in [0.2, 0.25) is 10.0 Å². The lowest BCUT2D eigenvalue weighted by Gasteiger charge is -2.31. The maximum Gasteiger partial charge on any atom is 0.211 e. The fourth-order valence-corrected chi connectivity index (χ4v) is 6.54. The van der Waals surface area contributed by atoms with Crippen molar-refractivity contribution < 1.29 is 8.42 Å². The number of hydrogen-bond donors (Lipinski definition) is 2. The number of piperidine rings is 1. The van der Waals surface area contributed by atoms with E-state index in [1.807, 2.05) is 12.1 Å². The Hall–Kier alpha value is -2.37. The van der Waals surface area contributed by atoms with Crippen LogP contribution >= 0.6 is 11.3 Å². The smallest absolute Gasteiger partial charge is 0.211 e. The largest absolute Gasteiger partial charge is 0.383 e. The van der Waals surface area contributed by atoms with Crippen LogP contribution in [0.25, 0.3) is 21.6 Å². The first-order valence-corrected chi connectivity index (χ1v) is 13.6. The minimum Gasteiger partial charge on any atom is -0.383 e. The highest BCUT2D eigenvalue weighted by Crippen LogP contribution is 2.38. The van der Waals surface area contributed by atoms with Crippen LogP contribution in [0.2, 0.25) is 0 Å². The highest BCUT2D eigenvalue weighted by atomic mass is 32.2. The lowest BCUT2D eigenvalue weighted by atomic mass is 10.1. The number of sulfonamides is 1. The summed E-state index contributed by atoms with van der Waals surface area (Å²) in [6.45, 7) is 1.02. The lowest BCUT2D eigenvalue weighted by Crippen LogP contribution is -2.44. The van der Waals surface area contributed by atoms with E-state index >= 15 is 0 Å². The van der Waals surface area contributed by atoms with Crippen molar-refractivity contribution in [3.05, 3.63) is 23.3 Å². The second-order valence-electron chi connectivity index (χ2n) is 8.71. The van der Waals surface area contributed by atoms with Gasteiger partial charge in [-0.25, -0.2) is 17.7 Å². The standard InChI is InChI=1S/C21H27N7O2S2/c1-32(29,30)28-8-4-7-14(12-28)24-15-9-18-17(23-11-15)10-16(19(22)25-18)21-27-26-20(31-21)13-5-2-3-6-13/h9-11,13-14,24H,2-8,12H2,1H3,(H2,22,25). The topological polar surface area (TPSA) is 127 Å². The van der Waals surface area contributed by atoms with Gasteiger partial charge in [-0.1, -0.05) is 24.2 Å². The quantitative estimate of drug-likeness (QED) is 0.578. The van der Waals surface area contributed by atoms with Crippen LogP contribution in [-0.2, 0) is 10.0 Å². The van der Waals surface area contributed by atoms with Crippen molar-refractivity contribution in [1.82, 2.24) is 24.5 Å². The van der Waals surface area contributed by atoms with Crippen molar-refractivity contribution in [2.45, 2.75) is 50.5 Å². The highest BCUT2D eigenvalue weighted by molar-refractivity contribution is 7.88. The molecule has 0 radical (unpaired) electrons. The zero-order valence-electron chi connectivity index (χ0n) is 18.0. The molecule has 32 heavy (non-hydrogen) atoms. The first kappa shape index (κ1) is 21.5. The molecule has 5 rings (SSSR count). The molecular formula is C21H27N7O2S2. The number of anilines is 2. The van der Waals surface area contributed by atoms with Gasteiger partial charge in [-0.3, -0.25) is 4.98 Å². The van der Waals surface area contributed by atoms with Gasteiger partial charge in [-0.15, -0.1) is 10.2 Å². The van der Waals surface area contributed by atoms with Crippen LogP contribution in [0, 0.1) is 0 Å². The number of nitrogens with two attached hydrogens (primary N) is 1. The maximum atomic E-state index is 11.9. The minimum atomic E-state index is -3.19. The Morgan fingerprint density at radius 2 is 1.94 bits per heavy atom. The third-order valence-corrected chi connectivity index (χ3v) is 8.68. The third kappa shape index (κ3) is 4.41.